The normalized spacial score (nSPS) is 17.9. The number of piperidine rings is 1. The van der Waals surface area contributed by atoms with Crippen LogP contribution in [-0.2, 0) is 0 Å². The van der Waals surface area contributed by atoms with Crippen LogP contribution in [0.15, 0.2) is 18.2 Å². The topological polar surface area (TPSA) is 32.5 Å². The maximum absolute atomic E-state index is 6.24. The minimum Gasteiger partial charge on any atom is -0.397 e. The summed E-state index contributed by atoms with van der Waals surface area (Å²) in [7, 11) is 4.27. The van der Waals surface area contributed by atoms with E-state index in [0.717, 1.165) is 28.9 Å². The number of likely N-dealkylation sites (tertiary alicyclic amines) is 1. The van der Waals surface area contributed by atoms with Gasteiger partial charge in [0.05, 0.1) is 16.4 Å². The van der Waals surface area contributed by atoms with Crippen molar-refractivity contribution in [2.75, 3.05) is 44.4 Å². The number of halogens is 1. The Hall–Kier alpha value is -0.930. The molecule has 0 radical (unpaired) electrons. The zero-order valence-corrected chi connectivity index (χ0v) is 12.0. The Morgan fingerprint density at radius 2 is 2.06 bits per heavy atom. The van der Waals surface area contributed by atoms with E-state index in [1.165, 1.54) is 25.9 Å². The van der Waals surface area contributed by atoms with Gasteiger partial charge in [-0.25, -0.2) is 0 Å². The number of benzene rings is 1. The Bertz CT molecular complexity index is 380. The second-order valence-electron chi connectivity index (χ2n) is 5.30. The van der Waals surface area contributed by atoms with E-state index in [1.54, 1.807) is 0 Å². The highest BCUT2D eigenvalue weighted by Gasteiger charge is 2.19. The van der Waals surface area contributed by atoms with Gasteiger partial charge < -0.3 is 15.5 Å². The van der Waals surface area contributed by atoms with Crippen molar-refractivity contribution in [3.8, 4) is 0 Å². The van der Waals surface area contributed by atoms with Crippen LogP contribution in [0.1, 0.15) is 12.8 Å². The average Bonchev–Trinajstić information content (AvgIpc) is 2.32. The van der Waals surface area contributed by atoms with E-state index >= 15 is 0 Å². The first kappa shape index (κ1) is 13.5. The van der Waals surface area contributed by atoms with Crippen molar-refractivity contribution in [3.63, 3.8) is 0 Å². The lowest BCUT2D eigenvalue weighted by atomic mass is 9.96. The molecular formula is C14H22ClN3. The molecule has 0 aliphatic carbocycles. The number of nitrogen functional groups attached to an aromatic ring is 1. The highest BCUT2D eigenvalue weighted by Crippen LogP contribution is 2.32. The van der Waals surface area contributed by atoms with Crippen molar-refractivity contribution in [2.45, 2.75) is 12.8 Å². The molecule has 1 aromatic carbocycles. The van der Waals surface area contributed by atoms with Crippen molar-refractivity contribution in [1.29, 1.82) is 0 Å². The molecule has 0 amide bonds. The molecule has 0 aromatic heterocycles. The van der Waals surface area contributed by atoms with Gasteiger partial charge in [-0.2, -0.15) is 0 Å². The molecule has 100 valence electrons. The van der Waals surface area contributed by atoms with E-state index in [0.29, 0.717) is 0 Å². The predicted octanol–water partition coefficient (Wildman–Crippen LogP) is 2.70. The third-order valence-corrected chi connectivity index (χ3v) is 4.07. The molecule has 2 N–H and O–H groups in total. The molecule has 0 atom stereocenters. The third-order valence-electron chi connectivity index (χ3n) is 3.77. The Kier molecular flexibility index (Phi) is 4.36. The zero-order chi connectivity index (χ0) is 13.1. The molecule has 2 rings (SSSR count). The fraction of sp³-hybridized carbons (Fsp3) is 0.571. The van der Waals surface area contributed by atoms with Gasteiger partial charge in [-0.15, -0.1) is 0 Å². The summed E-state index contributed by atoms with van der Waals surface area (Å²) in [6.45, 7) is 3.41. The number of anilines is 2. The van der Waals surface area contributed by atoms with Crippen LogP contribution in [0.25, 0.3) is 0 Å². The minimum atomic E-state index is 0.738. The molecule has 1 aliphatic heterocycles. The maximum atomic E-state index is 6.24. The van der Waals surface area contributed by atoms with E-state index in [2.05, 4.69) is 23.9 Å². The van der Waals surface area contributed by atoms with Crippen molar-refractivity contribution in [2.24, 2.45) is 5.92 Å². The molecule has 1 aliphatic rings. The number of rotatable bonds is 3. The summed E-state index contributed by atoms with van der Waals surface area (Å²) >= 11 is 6.24. The van der Waals surface area contributed by atoms with E-state index in [9.17, 15) is 0 Å². The molecule has 0 saturated carbocycles. The molecule has 1 heterocycles. The number of nitrogens with zero attached hydrogens (tertiary/aromatic N) is 2. The molecule has 1 fully saturated rings. The van der Waals surface area contributed by atoms with E-state index < -0.39 is 0 Å². The van der Waals surface area contributed by atoms with Crippen LogP contribution in [-0.4, -0.2) is 38.6 Å². The molecule has 4 heteroatoms. The van der Waals surface area contributed by atoms with Gasteiger partial charge in [0.25, 0.3) is 0 Å². The zero-order valence-electron chi connectivity index (χ0n) is 11.2. The summed E-state index contributed by atoms with van der Waals surface area (Å²) < 4.78 is 0. The quantitative estimate of drug-likeness (QED) is 0.855. The second kappa shape index (κ2) is 5.81. The Morgan fingerprint density at radius 3 is 2.67 bits per heavy atom. The fourth-order valence-electron chi connectivity index (χ4n) is 2.66. The van der Waals surface area contributed by atoms with E-state index in [-0.39, 0.29) is 0 Å². The fourth-order valence-corrected chi connectivity index (χ4v) is 2.98. The summed E-state index contributed by atoms with van der Waals surface area (Å²) in [5.41, 5.74) is 7.75. The molecule has 0 unspecified atom stereocenters. The van der Waals surface area contributed by atoms with Crippen LogP contribution in [0.5, 0.6) is 0 Å². The van der Waals surface area contributed by atoms with Crippen LogP contribution in [0.2, 0.25) is 5.02 Å². The van der Waals surface area contributed by atoms with Gasteiger partial charge in [0.2, 0.25) is 0 Å². The lowest BCUT2D eigenvalue weighted by Gasteiger charge is -2.33. The van der Waals surface area contributed by atoms with Gasteiger partial charge in [-0.3, -0.25) is 0 Å². The molecule has 0 bridgehead atoms. The molecule has 1 aromatic rings. The van der Waals surface area contributed by atoms with Gasteiger partial charge in [-0.05, 0) is 51.0 Å². The molecule has 3 nitrogen and oxygen atoms in total. The minimum absolute atomic E-state index is 0.738. The summed E-state index contributed by atoms with van der Waals surface area (Å²) in [6.07, 6.45) is 2.51. The number of hydrogen-bond donors (Lipinski definition) is 1. The van der Waals surface area contributed by atoms with Crippen molar-refractivity contribution >= 4 is 23.0 Å². The number of nitrogens with two attached hydrogens (primary N) is 1. The molecule has 1 saturated heterocycles. The summed E-state index contributed by atoms with van der Waals surface area (Å²) in [5, 5.41) is 0.741. The lowest BCUT2D eigenvalue weighted by Crippen LogP contribution is -2.36. The lowest BCUT2D eigenvalue weighted by molar-refractivity contribution is 0.222. The Morgan fingerprint density at radius 1 is 1.39 bits per heavy atom. The van der Waals surface area contributed by atoms with Gasteiger partial charge in [0, 0.05) is 13.6 Å². The Labute approximate surface area is 115 Å². The van der Waals surface area contributed by atoms with Gasteiger partial charge in [-0.1, -0.05) is 17.7 Å². The largest absolute Gasteiger partial charge is 0.397 e. The van der Waals surface area contributed by atoms with Gasteiger partial charge in [0.15, 0.2) is 0 Å². The smallest absolute Gasteiger partial charge is 0.0786 e. The summed E-state index contributed by atoms with van der Waals surface area (Å²) in [4.78, 5) is 4.59. The molecule has 0 spiro atoms. The van der Waals surface area contributed by atoms with Crippen LogP contribution in [0.4, 0.5) is 11.4 Å². The summed E-state index contributed by atoms with van der Waals surface area (Å²) in [5.74, 6) is 0.738. The number of hydrogen-bond acceptors (Lipinski definition) is 3. The van der Waals surface area contributed by atoms with E-state index in [1.807, 2.05) is 18.2 Å². The van der Waals surface area contributed by atoms with Crippen molar-refractivity contribution in [1.82, 2.24) is 4.90 Å². The average molecular weight is 268 g/mol. The van der Waals surface area contributed by atoms with Crippen molar-refractivity contribution < 1.29 is 0 Å². The van der Waals surface area contributed by atoms with Gasteiger partial charge >= 0.3 is 0 Å². The van der Waals surface area contributed by atoms with Crippen LogP contribution in [0, 0.1) is 5.92 Å². The third kappa shape index (κ3) is 3.09. The van der Waals surface area contributed by atoms with Crippen LogP contribution < -0.4 is 10.6 Å². The highest BCUT2D eigenvalue weighted by atomic mass is 35.5. The molecule has 18 heavy (non-hydrogen) atoms. The molecular weight excluding hydrogens is 246 g/mol. The van der Waals surface area contributed by atoms with Crippen LogP contribution >= 0.6 is 11.6 Å². The monoisotopic (exact) mass is 267 g/mol. The summed E-state index contributed by atoms with van der Waals surface area (Å²) in [6, 6.07) is 5.70. The van der Waals surface area contributed by atoms with E-state index in [4.69, 9.17) is 17.3 Å². The van der Waals surface area contributed by atoms with Gasteiger partial charge in [0.1, 0.15) is 0 Å². The standard InChI is InChI=1S/C14H22ClN3/c1-17-8-6-11(7-9-17)10-18(2)14-12(15)4-3-5-13(14)16/h3-5,11H,6-10,16H2,1-2H3. The Balaban J connectivity index is 2.01. The maximum Gasteiger partial charge on any atom is 0.0786 e. The first-order chi connectivity index (χ1) is 8.58. The van der Waals surface area contributed by atoms with Crippen LogP contribution in [0.3, 0.4) is 0 Å². The SMILES string of the molecule is CN1CCC(CN(C)c2c(N)cccc2Cl)CC1. The predicted molar refractivity (Wildman–Crippen MR) is 79.4 cm³/mol. The first-order valence-corrected chi connectivity index (χ1v) is 6.89. The highest BCUT2D eigenvalue weighted by molar-refractivity contribution is 6.33. The second-order valence-corrected chi connectivity index (χ2v) is 5.71. The van der Waals surface area contributed by atoms with Crippen molar-refractivity contribution in [3.05, 3.63) is 23.2 Å². The number of para-hydroxylation sites is 1. The first-order valence-electron chi connectivity index (χ1n) is 6.51.